The van der Waals surface area contributed by atoms with E-state index < -0.39 is 5.97 Å². The highest BCUT2D eigenvalue weighted by Crippen LogP contribution is 2.37. The highest BCUT2D eigenvalue weighted by Gasteiger charge is 2.28. The summed E-state index contributed by atoms with van der Waals surface area (Å²) in [5.74, 6) is 0.293. The number of hydrogen-bond acceptors (Lipinski definition) is 4. The van der Waals surface area contributed by atoms with E-state index in [0.717, 1.165) is 25.0 Å². The summed E-state index contributed by atoms with van der Waals surface area (Å²) >= 11 is 0. The van der Waals surface area contributed by atoms with Crippen LogP contribution >= 0.6 is 0 Å². The first-order valence-corrected chi connectivity index (χ1v) is 9.43. The van der Waals surface area contributed by atoms with Gasteiger partial charge in [-0.2, -0.15) is 0 Å². The Bertz CT molecular complexity index is 478. The summed E-state index contributed by atoms with van der Waals surface area (Å²) < 4.78 is 5.05. The van der Waals surface area contributed by atoms with Crippen molar-refractivity contribution in [3.8, 4) is 0 Å². The number of carbonyl (C=O) groups excluding carboxylic acids is 1. The van der Waals surface area contributed by atoms with Crippen LogP contribution in [0.15, 0.2) is 23.0 Å². The molecule has 0 heterocycles. The molecular formula is C20H36N2O2. The van der Waals surface area contributed by atoms with Gasteiger partial charge in [-0.15, -0.1) is 0 Å². The number of nitrogens with one attached hydrogen (secondary N) is 1. The fourth-order valence-corrected chi connectivity index (χ4v) is 3.25. The largest absolute Gasteiger partial charge is 0.461 e. The zero-order chi connectivity index (χ0) is 18.2. The summed E-state index contributed by atoms with van der Waals surface area (Å²) in [7, 11) is 0. The minimum atomic E-state index is -0.407. The normalized spacial score (nSPS) is 20.1. The fourth-order valence-electron chi connectivity index (χ4n) is 3.25. The molecule has 1 aliphatic carbocycles. The van der Waals surface area contributed by atoms with Crippen molar-refractivity contribution < 1.29 is 9.53 Å². The van der Waals surface area contributed by atoms with Crippen LogP contribution in [0.2, 0.25) is 0 Å². The molecule has 0 aromatic carbocycles. The molecule has 4 heteroatoms. The van der Waals surface area contributed by atoms with Gasteiger partial charge in [0.05, 0.1) is 6.61 Å². The number of ether oxygens (including phenoxy) is 1. The lowest BCUT2D eigenvalue weighted by atomic mass is 9.76. The molecule has 0 aliphatic heterocycles. The van der Waals surface area contributed by atoms with Crippen LogP contribution in [0, 0.1) is 11.3 Å². The van der Waals surface area contributed by atoms with E-state index in [9.17, 15) is 4.79 Å². The van der Waals surface area contributed by atoms with Crippen LogP contribution in [0.3, 0.4) is 0 Å². The minimum absolute atomic E-state index is 0.0919. The lowest BCUT2D eigenvalue weighted by Crippen LogP contribution is -2.30. The number of allylic oxidation sites excluding steroid dienone is 3. The monoisotopic (exact) mass is 336 g/mol. The summed E-state index contributed by atoms with van der Waals surface area (Å²) in [6, 6.07) is 0. The van der Waals surface area contributed by atoms with Gasteiger partial charge in [0.25, 0.3) is 0 Å². The standard InChI is InChI=1S/C20H36N2O2/c1-6-9-10-15(7-2)14-22-17-11-16(12-20(4,5)13-17)18(21)19(23)24-8-3/h11,15,22H,6-10,12-14,21H2,1-5H3/b18-16-. The zero-order valence-corrected chi connectivity index (χ0v) is 16.2. The number of rotatable bonds is 9. The Morgan fingerprint density at radius 1 is 1.33 bits per heavy atom. The topological polar surface area (TPSA) is 64.3 Å². The molecule has 0 radical (unpaired) electrons. The third-order valence-corrected chi connectivity index (χ3v) is 4.69. The van der Waals surface area contributed by atoms with Crippen molar-refractivity contribution in [2.75, 3.05) is 13.2 Å². The Hall–Kier alpha value is -1.45. The van der Waals surface area contributed by atoms with Crippen molar-refractivity contribution in [3.63, 3.8) is 0 Å². The second-order valence-corrected chi connectivity index (χ2v) is 7.64. The lowest BCUT2D eigenvalue weighted by Gasteiger charge is -2.33. The molecule has 0 saturated carbocycles. The van der Waals surface area contributed by atoms with Gasteiger partial charge in [-0.05, 0) is 49.2 Å². The van der Waals surface area contributed by atoms with Crippen LogP contribution in [-0.4, -0.2) is 19.1 Å². The molecular weight excluding hydrogens is 300 g/mol. The molecule has 0 spiro atoms. The van der Waals surface area contributed by atoms with Crippen molar-refractivity contribution in [2.45, 2.75) is 73.1 Å². The Kier molecular flexibility index (Phi) is 8.37. The summed E-state index contributed by atoms with van der Waals surface area (Å²) in [6.45, 7) is 12.1. The van der Waals surface area contributed by atoms with Gasteiger partial charge in [0.15, 0.2) is 0 Å². The fraction of sp³-hybridized carbons (Fsp3) is 0.750. The molecule has 0 aromatic rings. The van der Waals surface area contributed by atoms with E-state index in [-0.39, 0.29) is 11.1 Å². The van der Waals surface area contributed by atoms with Crippen molar-refractivity contribution in [1.82, 2.24) is 5.32 Å². The van der Waals surface area contributed by atoms with Gasteiger partial charge in [0.1, 0.15) is 5.70 Å². The smallest absolute Gasteiger partial charge is 0.354 e. The Labute approximate surface area is 147 Å². The van der Waals surface area contributed by atoms with Crippen LogP contribution in [0.5, 0.6) is 0 Å². The third kappa shape index (κ3) is 6.58. The van der Waals surface area contributed by atoms with Gasteiger partial charge < -0.3 is 15.8 Å². The van der Waals surface area contributed by atoms with Crippen LogP contribution in [-0.2, 0) is 9.53 Å². The Morgan fingerprint density at radius 2 is 2.04 bits per heavy atom. The van der Waals surface area contributed by atoms with Gasteiger partial charge in [0.2, 0.25) is 0 Å². The van der Waals surface area contributed by atoms with E-state index >= 15 is 0 Å². The van der Waals surface area contributed by atoms with Crippen LogP contribution in [0.1, 0.15) is 73.1 Å². The number of unbranched alkanes of at least 4 members (excludes halogenated alkanes) is 1. The highest BCUT2D eigenvalue weighted by molar-refractivity contribution is 5.89. The van der Waals surface area contributed by atoms with Gasteiger partial charge in [0, 0.05) is 12.2 Å². The zero-order valence-electron chi connectivity index (χ0n) is 16.2. The predicted molar refractivity (Wildman–Crippen MR) is 100 cm³/mol. The molecule has 1 rings (SSSR count). The maximum Gasteiger partial charge on any atom is 0.354 e. The Balaban J connectivity index is 2.84. The summed E-state index contributed by atoms with van der Waals surface area (Å²) in [5, 5.41) is 3.61. The van der Waals surface area contributed by atoms with Crippen LogP contribution in [0.25, 0.3) is 0 Å². The first-order chi connectivity index (χ1) is 11.3. The molecule has 1 unspecified atom stereocenters. The van der Waals surface area contributed by atoms with Gasteiger partial charge >= 0.3 is 5.97 Å². The quantitative estimate of drug-likeness (QED) is 0.487. The van der Waals surface area contributed by atoms with E-state index in [2.05, 4.69) is 39.1 Å². The molecule has 0 amide bonds. The maximum atomic E-state index is 11.9. The van der Waals surface area contributed by atoms with Crippen LogP contribution in [0.4, 0.5) is 0 Å². The number of nitrogens with two attached hydrogens (primary N) is 1. The molecule has 1 aliphatic rings. The maximum absolute atomic E-state index is 11.9. The van der Waals surface area contributed by atoms with Crippen LogP contribution < -0.4 is 11.1 Å². The molecule has 0 aromatic heterocycles. The first-order valence-electron chi connectivity index (χ1n) is 9.43. The van der Waals surface area contributed by atoms with Gasteiger partial charge in [-0.3, -0.25) is 0 Å². The molecule has 24 heavy (non-hydrogen) atoms. The average molecular weight is 337 g/mol. The SMILES string of the molecule is CCCCC(CC)CNC1=C/C(=C(/N)C(=O)OCC)CC(C)(C)C1. The van der Waals surface area contributed by atoms with Gasteiger partial charge in [-0.25, -0.2) is 4.79 Å². The number of esters is 1. The second-order valence-electron chi connectivity index (χ2n) is 7.64. The third-order valence-electron chi connectivity index (χ3n) is 4.69. The van der Waals surface area contributed by atoms with E-state index in [0.29, 0.717) is 12.5 Å². The summed E-state index contributed by atoms with van der Waals surface area (Å²) in [5.41, 5.74) is 8.47. The van der Waals surface area contributed by atoms with E-state index in [4.69, 9.17) is 10.5 Å². The average Bonchev–Trinajstić information content (AvgIpc) is 2.53. The molecule has 138 valence electrons. The molecule has 3 N–H and O–H groups in total. The number of carbonyl (C=O) groups is 1. The summed E-state index contributed by atoms with van der Waals surface area (Å²) in [6.07, 6.45) is 8.83. The molecule has 0 bridgehead atoms. The number of hydrogen-bond donors (Lipinski definition) is 2. The molecule has 4 nitrogen and oxygen atoms in total. The lowest BCUT2D eigenvalue weighted by molar-refractivity contribution is -0.138. The van der Waals surface area contributed by atoms with E-state index in [1.54, 1.807) is 6.92 Å². The molecule has 0 fully saturated rings. The van der Waals surface area contributed by atoms with Crippen molar-refractivity contribution in [1.29, 1.82) is 0 Å². The van der Waals surface area contributed by atoms with Gasteiger partial charge in [-0.1, -0.05) is 47.0 Å². The first kappa shape index (κ1) is 20.6. The highest BCUT2D eigenvalue weighted by atomic mass is 16.5. The van der Waals surface area contributed by atoms with Crippen molar-refractivity contribution in [2.24, 2.45) is 17.1 Å². The second kappa shape index (κ2) is 9.75. The van der Waals surface area contributed by atoms with E-state index in [1.165, 1.54) is 31.4 Å². The minimum Gasteiger partial charge on any atom is -0.461 e. The summed E-state index contributed by atoms with van der Waals surface area (Å²) in [4.78, 5) is 11.9. The molecule has 1 atom stereocenters. The van der Waals surface area contributed by atoms with Crippen molar-refractivity contribution in [3.05, 3.63) is 23.0 Å². The van der Waals surface area contributed by atoms with Crippen molar-refractivity contribution >= 4 is 5.97 Å². The molecule has 0 saturated heterocycles. The predicted octanol–water partition coefficient (Wildman–Crippen LogP) is 4.27. The van der Waals surface area contributed by atoms with E-state index in [1.807, 2.05) is 0 Å². The Morgan fingerprint density at radius 3 is 2.62 bits per heavy atom.